The van der Waals surface area contributed by atoms with E-state index in [0.717, 1.165) is 66.4 Å². The Labute approximate surface area is 156 Å². The summed E-state index contributed by atoms with van der Waals surface area (Å²) in [4.78, 5) is 4.68. The van der Waals surface area contributed by atoms with Crippen molar-refractivity contribution < 1.29 is 13.9 Å². The summed E-state index contributed by atoms with van der Waals surface area (Å²) < 4.78 is 27.4. The largest absolute Gasteiger partial charge is 0.493 e. The van der Waals surface area contributed by atoms with Crippen LogP contribution in [0.5, 0.6) is 5.75 Å². The van der Waals surface area contributed by atoms with E-state index in [1.54, 1.807) is 12.4 Å². The van der Waals surface area contributed by atoms with Crippen LogP contribution in [-0.2, 0) is 24.0 Å². The fourth-order valence-corrected chi connectivity index (χ4v) is 4.19. The molecule has 0 spiro atoms. The molecule has 0 N–H and O–H groups in total. The van der Waals surface area contributed by atoms with Gasteiger partial charge in [0, 0.05) is 43.4 Å². The first-order chi connectivity index (χ1) is 13.3. The molecule has 0 radical (unpaired) electrons. The van der Waals surface area contributed by atoms with Gasteiger partial charge < -0.3 is 9.47 Å². The molecule has 4 heterocycles. The van der Waals surface area contributed by atoms with E-state index in [4.69, 9.17) is 9.47 Å². The number of hydrogen-bond donors (Lipinski definition) is 0. The lowest BCUT2D eigenvalue weighted by molar-refractivity contribution is 0.0854. The fourth-order valence-electron chi connectivity index (χ4n) is 4.19. The summed E-state index contributed by atoms with van der Waals surface area (Å²) in [5, 5.41) is 8.42. The van der Waals surface area contributed by atoms with Gasteiger partial charge in [0.1, 0.15) is 23.7 Å². The molecule has 0 bridgehead atoms. The van der Waals surface area contributed by atoms with Crippen LogP contribution in [0.2, 0.25) is 0 Å². The van der Waals surface area contributed by atoms with E-state index in [1.807, 2.05) is 10.6 Å². The SMILES string of the molecule is Fc1ccc2c(c1CCc1ncc(C3CCOCC3)c3nncn13)CCO2. The first-order valence-corrected chi connectivity index (χ1v) is 9.49. The van der Waals surface area contributed by atoms with Crippen LogP contribution in [0, 0.1) is 5.82 Å². The molecule has 3 aromatic rings. The highest BCUT2D eigenvalue weighted by molar-refractivity contribution is 5.48. The molecule has 7 heteroatoms. The Bertz CT molecular complexity index is 982. The molecular weight excluding hydrogens is 347 g/mol. The van der Waals surface area contributed by atoms with Crippen molar-refractivity contribution in [2.45, 2.75) is 38.0 Å². The summed E-state index contributed by atoms with van der Waals surface area (Å²) in [7, 11) is 0. The lowest BCUT2D eigenvalue weighted by Crippen LogP contribution is -2.16. The molecule has 0 amide bonds. The summed E-state index contributed by atoms with van der Waals surface area (Å²) in [5.41, 5.74) is 3.71. The van der Waals surface area contributed by atoms with Crippen molar-refractivity contribution in [1.82, 2.24) is 19.6 Å². The Balaban J connectivity index is 1.44. The van der Waals surface area contributed by atoms with Crippen LogP contribution < -0.4 is 4.74 Å². The van der Waals surface area contributed by atoms with Gasteiger partial charge in [-0.2, -0.15) is 0 Å². The Morgan fingerprint density at radius 2 is 2.04 bits per heavy atom. The number of benzene rings is 1. The Morgan fingerprint density at radius 3 is 2.93 bits per heavy atom. The molecule has 140 valence electrons. The van der Waals surface area contributed by atoms with Gasteiger partial charge in [0.25, 0.3) is 0 Å². The first kappa shape index (κ1) is 16.6. The normalized spacial score (nSPS) is 17.2. The van der Waals surface area contributed by atoms with Gasteiger partial charge in [-0.1, -0.05) is 0 Å². The van der Waals surface area contributed by atoms with Gasteiger partial charge in [0.2, 0.25) is 0 Å². The molecule has 0 unspecified atom stereocenters. The van der Waals surface area contributed by atoms with Crippen LogP contribution in [0.25, 0.3) is 5.65 Å². The lowest BCUT2D eigenvalue weighted by atomic mass is 9.93. The quantitative estimate of drug-likeness (QED) is 0.709. The van der Waals surface area contributed by atoms with Crippen molar-refractivity contribution in [3.8, 4) is 5.75 Å². The summed E-state index contributed by atoms with van der Waals surface area (Å²) in [6, 6.07) is 3.22. The molecule has 1 aromatic carbocycles. The molecule has 2 aliphatic rings. The van der Waals surface area contributed by atoms with Crippen molar-refractivity contribution in [2.24, 2.45) is 0 Å². The zero-order valence-corrected chi connectivity index (χ0v) is 15.0. The number of fused-ring (bicyclic) bond motifs is 2. The number of nitrogens with zero attached hydrogens (tertiary/aromatic N) is 4. The maximum atomic E-state index is 14.4. The number of hydrogen-bond acceptors (Lipinski definition) is 5. The standard InChI is InChI=1S/C20H21FN4O2/c21-17-2-3-18-15(7-10-27-18)14(17)1-4-19-22-11-16(13-5-8-26-9-6-13)20-24-23-12-25(19)20/h2-3,11-13H,1,4-10H2. The molecule has 0 aliphatic carbocycles. The predicted molar refractivity (Wildman–Crippen MR) is 96.6 cm³/mol. The average Bonchev–Trinajstić information content (AvgIpc) is 3.37. The number of aryl methyl sites for hydroxylation is 1. The number of rotatable bonds is 4. The Morgan fingerprint density at radius 1 is 1.15 bits per heavy atom. The molecule has 2 aliphatic heterocycles. The monoisotopic (exact) mass is 368 g/mol. The second-order valence-corrected chi connectivity index (χ2v) is 7.14. The van der Waals surface area contributed by atoms with Crippen LogP contribution in [0.4, 0.5) is 4.39 Å². The second-order valence-electron chi connectivity index (χ2n) is 7.14. The summed E-state index contributed by atoms with van der Waals surface area (Å²) in [6.07, 6.45) is 7.54. The van der Waals surface area contributed by atoms with E-state index >= 15 is 0 Å². The number of halogens is 1. The van der Waals surface area contributed by atoms with Crippen LogP contribution in [0.1, 0.15) is 41.3 Å². The van der Waals surface area contributed by atoms with Gasteiger partial charge in [0.15, 0.2) is 5.65 Å². The van der Waals surface area contributed by atoms with Crippen molar-refractivity contribution in [3.05, 3.63) is 53.0 Å². The molecule has 1 saturated heterocycles. The van der Waals surface area contributed by atoms with E-state index < -0.39 is 0 Å². The van der Waals surface area contributed by atoms with E-state index in [2.05, 4.69) is 15.2 Å². The van der Waals surface area contributed by atoms with Crippen LogP contribution >= 0.6 is 0 Å². The molecule has 0 saturated carbocycles. The molecule has 2 aromatic heterocycles. The van der Waals surface area contributed by atoms with Crippen molar-refractivity contribution in [1.29, 1.82) is 0 Å². The van der Waals surface area contributed by atoms with Crippen LogP contribution in [0.15, 0.2) is 24.7 Å². The average molecular weight is 368 g/mol. The lowest BCUT2D eigenvalue weighted by Gasteiger charge is -2.22. The molecule has 5 rings (SSSR count). The number of ether oxygens (including phenoxy) is 2. The molecule has 27 heavy (non-hydrogen) atoms. The van der Waals surface area contributed by atoms with Crippen molar-refractivity contribution >= 4 is 5.65 Å². The van der Waals surface area contributed by atoms with Crippen LogP contribution in [0.3, 0.4) is 0 Å². The minimum absolute atomic E-state index is 0.168. The highest BCUT2D eigenvalue weighted by Gasteiger charge is 2.22. The van der Waals surface area contributed by atoms with Gasteiger partial charge in [-0.25, -0.2) is 9.37 Å². The molecule has 6 nitrogen and oxygen atoms in total. The maximum Gasteiger partial charge on any atom is 0.167 e. The zero-order chi connectivity index (χ0) is 18.2. The third kappa shape index (κ3) is 2.96. The first-order valence-electron chi connectivity index (χ1n) is 9.49. The third-order valence-electron chi connectivity index (χ3n) is 5.64. The summed E-state index contributed by atoms with van der Waals surface area (Å²) in [5.74, 6) is 1.89. The van der Waals surface area contributed by atoms with E-state index in [1.165, 1.54) is 6.07 Å². The molecule has 1 fully saturated rings. The Kier molecular flexibility index (Phi) is 4.24. The topological polar surface area (TPSA) is 61.5 Å². The highest BCUT2D eigenvalue weighted by Crippen LogP contribution is 2.32. The zero-order valence-electron chi connectivity index (χ0n) is 15.0. The van der Waals surface area contributed by atoms with Gasteiger partial charge in [-0.05, 0) is 42.9 Å². The minimum Gasteiger partial charge on any atom is -0.493 e. The van der Waals surface area contributed by atoms with E-state index in [9.17, 15) is 4.39 Å². The van der Waals surface area contributed by atoms with E-state index in [-0.39, 0.29) is 5.82 Å². The predicted octanol–water partition coefficient (Wildman–Crippen LogP) is 2.88. The van der Waals surface area contributed by atoms with Crippen molar-refractivity contribution in [3.63, 3.8) is 0 Å². The summed E-state index contributed by atoms with van der Waals surface area (Å²) >= 11 is 0. The maximum absolute atomic E-state index is 14.4. The Hall–Kier alpha value is -2.54. The molecule has 0 atom stereocenters. The minimum atomic E-state index is -0.168. The van der Waals surface area contributed by atoms with Crippen molar-refractivity contribution in [2.75, 3.05) is 19.8 Å². The van der Waals surface area contributed by atoms with Crippen LogP contribution in [-0.4, -0.2) is 39.4 Å². The second kappa shape index (κ2) is 6.88. The smallest absolute Gasteiger partial charge is 0.167 e. The van der Waals surface area contributed by atoms with Gasteiger partial charge >= 0.3 is 0 Å². The van der Waals surface area contributed by atoms with Gasteiger partial charge in [-0.15, -0.1) is 10.2 Å². The summed E-state index contributed by atoms with van der Waals surface area (Å²) in [6.45, 7) is 2.17. The van der Waals surface area contributed by atoms with Gasteiger partial charge in [0.05, 0.1) is 6.61 Å². The fraction of sp³-hybridized carbons (Fsp3) is 0.450. The molecular formula is C20H21FN4O2. The third-order valence-corrected chi connectivity index (χ3v) is 5.64. The van der Waals surface area contributed by atoms with Gasteiger partial charge in [-0.3, -0.25) is 4.40 Å². The van der Waals surface area contributed by atoms with E-state index in [0.29, 0.717) is 25.4 Å². The highest BCUT2D eigenvalue weighted by atomic mass is 19.1. The number of aromatic nitrogens is 4.